The molecule has 6 heteroatoms. The molecule has 3 nitrogen and oxygen atoms in total. The van der Waals surface area contributed by atoms with Crippen molar-refractivity contribution in [1.29, 1.82) is 0 Å². The molecule has 3 rings (SSSR count). The van der Waals surface area contributed by atoms with Crippen LogP contribution < -0.4 is 5.43 Å². The molecule has 20 heavy (non-hydrogen) atoms. The zero-order valence-electron chi connectivity index (χ0n) is 10.4. The maximum atomic E-state index is 12.8. The highest BCUT2D eigenvalue weighted by molar-refractivity contribution is 6.04. The number of fused-ring (bicyclic) bond motifs is 3. The van der Waals surface area contributed by atoms with E-state index in [-0.39, 0.29) is 10.9 Å². The number of hydrogen-bond acceptors (Lipinski definition) is 2. The summed E-state index contributed by atoms with van der Waals surface area (Å²) in [6.07, 6.45) is -4.59. The Morgan fingerprint density at radius 2 is 1.90 bits per heavy atom. The summed E-state index contributed by atoms with van der Waals surface area (Å²) in [5, 5.41) is 0.688. The summed E-state index contributed by atoms with van der Waals surface area (Å²) in [5.41, 5.74) is -0.596. The van der Waals surface area contributed by atoms with Crippen LogP contribution in [0.3, 0.4) is 0 Å². The number of aromatic nitrogens is 2. The van der Waals surface area contributed by atoms with Crippen molar-refractivity contribution in [2.75, 3.05) is 0 Å². The van der Waals surface area contributed by atoms with Crippen LogP contribution >= 0.6 is 0 Å². The molecule has 0 aliphatic rings. The lowest BCUT2D eigenvalue weighted by Crippen LogP contribution is -2.15. The van der Waals surface area contributed by atoms with Crippen LogP contribution in [0.4, 0.5) is 13.2 Å². The lowest BCUT2D eigenvalue weighted by atomic mass is 10.1. The van der Waals surface area contributed by atoms with Gasteiger partial charge in [-0.05, 0) is 13.0 Å². The first-order chi connectivity index (χ1) is 9.38. The van der Waals surface area contributed by atoms with Crippen LogP contribution in [0.15, 0.2) is 35.1 Å². The van der Waals surface area contributed by atoms with Gasteiger partial charge in [0.15, 0.2) is 5.43 Å². The number of pyridine rings is 2. The number of benzene rings is 1. The van der Waals surface area contributed by atoms with Gasteiger partial charge in [-0.25, -0.2) is 0 Å². The Hall–Kier alpha value is -2.37. The Bertz CT molecular complexity index is 881. The van der Waals surface area contributed by atoms with Crippen LogP contribution in [0, 0.1) is 6.92 Å². The SMILES string of the molecule is Cc1nc2ccccc2c2[nH]c(C(F)(F)F)cc(=O)c12. The number of halogens is 3. The van der Waals surface area contributed by atoms with Crippen molar-refractivity contribution in [2.24, 2.45) is 0 Å². The molecule has 0 atom stereocenters. The topological polar surface area (TPSA) is 45.8 Å². The fourth-order valence-corrected chi connectivity index (χ4v) is 2.29. The summed E-state index contributed by atoms with van der Waals surface area (Å²) in [6, 6.07) is 7.34. The van der Waals surface area contributed by atoms with Gasteiger partial charge >= 0.3 is 6.18 Å². The summed E-state index contributed by atoms with van der Waals surface area (Å²) in [6.45, 7) is 1.61. The monoisotopic (exact) mass is 278 g/mol. The standard InChI is InChI=1S/C14H9F3N2O/c1-7-12-10(20)6-11(14(15,16)17)19-13(12)8-4-2-3-5-9(8)18-7/h2-6H,1H3,(H,19,20). The molecular formula is C14H9F3N2O. The fraction of sp³-hybridized carbons (Fsp3) is 0.143. The van der Waals surface area contributed by atoms with Crippen molar-refractivity contribution in [1.82, 2.24) is 9.97 Å². The molecule has 3 aromatic rings. The van der Waals surface area contributed by atoms with E-state index in [1.807, 2.05) is 0 Å². The third-order valence-electron chi connectivity index (χ3n) is 3.16. The van der Waals surface area contributed by atoms with E-state index in [1.165, 1.54) is 0 Å². The minimum atomic E-state index is -4.59. The molecule has 2 heterocycles. The first-order valence-electron chi connectivity index (χ1n) is 5.87. The molecule has 0 saturated carbocycles. The molecule has 102 valence electrons. The van der Waals surface area contributed by atoms with Crippen molar-refractivity contribution in [3.8, 4) is 0 Å². The zero-order chi connectivity index (χ0) is 14.5. The quantitative estimate of drug-likeness (QED) is 0.640. The highest BCUT2D eigenvalue weighted by Gasteiger charge is 2.32. The molecule has 0 bridgehead atoms. The van der Waals surface area contributed by atoms with Crippen molar-refractivity contribution in [2.45, 2.75) is 13.1 Å². The second-order valence-corrected chi connectivity index (χ2v) is 4.51. The number of H-pyrrole nitrogens is 1. The van der Waals surface area contributed by atoms with E-state index in [1.54, 1.807) is 31.2 Å². The number of nitrogens with zero attached hydrogens (tertiary/aromatic N) is 1. The average Bonchev–Trinajstić information content (AvgIpc) is 2.37. The van der Waals surface area contributed by atoms with Crippen molar-refractivity contribution in [3.63, 3.8) is 0 Å². The fourth-order valence-electron chi connectivity index (χ4n) is 2.29. The average molecular weight is 278 g/mol. The van der Waals surface area contributed by atoms with Gasteiger partial charge in [-0.1, -0.05) is 18.2 Å². The molecule has 0 aliphatic carbocycles. The Labute approximate surface area is 111 Å². The van der Waals surface area contributed by atoms with Crippen molar-refractivity contribution >= 4 is 21.8 Å². The molecule has 0 amide bonds. The molecule has 0 unspecified atom stereocenters. The maximum absolute atomic E-state index is 12.8. The molecule has 0 spiro atoms. The molecule has 2 aromatic heterocycles. The van der Waals surface area contributed by atoms with E-state index in [2.05, 4.69) is 9.97 Å². The van der Waals surface area contributed by atoms with Crippen LogP contribution in [0.5, 0.6) is 0 Å². The number of hydrogen-bond donors (Lipinski definition) is 1. The number of alkyl halides is 3. The van der Waals surface area contributed by atoms with Gasteiger partial charge in [0.25, 0.3) is 0 Å². The first kappa shape index (κ1) is 12.7. The van der Waals surface area contributed by atoms with E-state index in [4.69, 9.17) is 0 Å². The Morgan fingerprint density at radius 3 is 2.60 bits per heavy atom. The molecule has 0 fully saturated rings. The van der Waals surface area contributed by atoms with E-state index in [0.717, 1.165) is 0 Å². The Balaban J connectivity index is 2.56. The van der Waals surface area contributed by atoms with Gasteiger partial charge in [0.2, 0.25) is 0 Å². The number of para-hydroxylation sites is 1. The van der Waals surface area contributed by atoms with Crippen LogP contribution in [-0.4, -0.2) is 9.97 Å². The highest BCUT2D eigenvalue weighted by atomic mass is 19.4. The molecule has 1 aromatic carbocycles. The van der Waals surface area contributed by atoms with Crippen molar-refractivity contribution in [3.05, 3.63) is 51.9 Å². The lowest BCUT2D eigenvalue weighted by Gasteiger charge is -2.10. The van der Waals surface area contributed by atoms with Crippen LogP contribution in [0.2, 0.25) is 0 Å². The second kappa shape index (κ2) is 4.06. The highest BCUT2D eigenvalue weighted by Crippen LogP contribution is 2.30. The Morgan fingerprint density at radius 1 is 1.20 bits per heavy atom. The largest absolute Gasteiger partial charge is 0.431 e. The van der Waals surface area contributed by atoms with Crippen LogP contribution in [0.25, 0.3) is 21.8 Å². The smallest absolute Gasteiger partial charge is 0.350 e. The normalized spacial score (nSPS) is 12.2. The van der Waals surface area contributed by atoms with E-state index in [0.29, 0.717) is 22.7 Å². The van der Waals surface area contributed by atoms with E-state index >= 15 is 0 Å². The predicted molar refractivity (Wildman–Crippen MR) is 69.6 cm³/mol. The third kappa shape index (κ3) is 1.84. The summed E-state index contributed by atoms with van der Waals surface area (Å²) in [7, 11) is 0. The number of nitrogens with one attached hydrogen (secondary N) is 1. The summed E-state index contributed by atoms with van der Waals surface area (Å²) >= 11 is 0. The van der Waals surface area contributed by atoms with Gasteiger partial charge in [0.05, 0.1) is 22.1 Å². The zero-order valence-corrected chi connectivity index (χ0v) is 10.4. The molecule has 1 N–H and O–H groups in total. The van der Waals surface area contributed by atoms with Gasteiger partial charge in [0, 0.05) is 11.5 Å². The van der Waals surface area contributed by atoms with Crippen LogP contribution in [-0.2, 0) is 6.18 Å². The summed E-state index contributed by atoms with van der Waals surface area (Å²) < 4.78 is 38.4. The minimum Gasteiger partial charge on any atom is -0.350 e. The van der Waals surface area contributed by atoms with Gasteiger partial charge < -0.3 is 4.98 Å². The van der Waals surface area contributed by atoms with Crippen molar-refractivity contribution < 1.29 is 13.2 Å². The molecule has 0 aliphatic heterocycles. The second-order valence-electron chi connectivity index (χ2n) is 4.51. The minimum absolute atomic E-state index is 0.174. The van der Waals surface area contributed by atoms with E-state index < -0.39 is 17.3 Å². The maximum Gasteiger partial charge on any atom is 0.431 e. The summed E-state index contributed by atoms with van der Waals surface area (Å²) in [4.78, 5) is 18.5. The molecule has 0 saturated heterocycles. The van der Waals surface area contributed by atoms with E-state index in [9.17, 15) is 18.0 Å². The lowest BCUT2D eigenvalue weighted by molar-refractivity contribution is -0.141. The van der Waals surface area contributed by atoms with Gasteiger partial charge in [-0.15, -0.1) is 0 Å². The molecular weight excluding hydrogens is 269 g/mol. The predicted octanol–water partition coefficient (Wildman–Crippen LogP) is 3.40. The number of rotatable bonds is 0. The first-order valence-corrected chi connectivity index (χ1v) is 5.87. The van der Waals surface area contributed by atoms with Gasteiger partial charge in [0.1, 0.15) is 5.69 Å². The van der Waals surface area contributed by atoms with Gasteiger partial charge in [-0.3, -0.25) is 9.78 Å². The number of aromatic amines is 1. The number of aryl methyl sites for hydroxylation is 1. The summed E-state index contributed by atoms with van der Waals surface area (Å²) in [5.74, 6) is 0. The van der Waals surface area contributed by atoms with Gasteiger partial charge in [-0.2, -0.15) is 13.2 Å². The Kier molecular flexibility index (Phi) is 2.57. The molecule has 0 radical (unpaired) electrons. The van der Waals surface area contributed by atoms with Crippen LogP contribution in [0.1, 0.15) is 11.4 Å². The third-order valence-corrected chi connectivity index (χ3v) is 3.16.